The first kappa shape index (κ1) is 22.2. The topological polar surface area (TPSA) is 73.2 Å². The maximum atomic E-state index is 13.5. The van der Waals surface area contributed by atoms with E-state index in [1.54, 1.807) is 30.3 Å². The van der Waals surface area contributed by atoms with E-state index in [1.807, 2.05) is 6.07 Å². The molecule has 8 heteroatoms. The van der Waals surface area contributed by atoms with Gasteiger partial charge in [-0.05, 0) is 48.7 Å². The number of rotatable bonds is 8. The number of halogens is 1. The minimum Gasteiger partial charge on any atom is -0.376 e. The van der Waals surface area contributed by atoms with E-state index < -0.39 is 0 Å². The summed E-state index contributed by atoms with van der Waals surface area (Å²) in [4.78, 5) is 30.3. The number of carbonyl (C=O) groups is 1. The van der Waals surface area contributed by atoms with Gasteiger partial charge in [0.1, 0.15) is 5.82 Å². The van der Waals surface area contributed by atoms with Gasteiger partial charge in [0.25, 0.3) is 11.5 Å². The van der Waals surface area contributed by atoms with Crippen molar-refractivity contribution in [2.75, 3.05) is 13.2 Å². The summed E-state index contributed by atoms with van der Waals surface area (Å²) in [6, 6.07) is 11.2. The van der Waals surface area contributed by atoms with E-state index in [4.69, 9.17) is 4.74 Å². The lowest BCUT2D eigenvalue weighted by Gasteiger charge is -2.13. The molecule has 0 unspecified atom stereocenters. The molecule has 1 saturated heterocycles. The van der Waals surface area contributed by atoms with Crippen LogP contribution in [0.2, 0.25) is 0 Å². The first-order chi connectivity index (χ1) is 15.5. The van der Waals surface area contributed by atoms with Gasteiger partial charge < -0.3 is 10.1 Å². The van der Waals surface area contributed by atoms with Crippen molar-refractivity contribution in [1.29, 1.82) is 0 Å². The Labute approximate surface area is 189 Å². The number of carbonyl (C=O) groups excluding carboxylic acids is 1. The number of hydrogen-bond acceptors (Lipinski definition) is 5. The molecule has 1 N–H and O–H groups in total. The van der Waals surface area contributed by atoms with Gasteiger partial charge in [-0.25, -0.2) is 9.37 Å². The Morgan fingerprint density at radius 2 is 2.22 bits per heavy atom. The molecule has 4 rings (SSSR count). The van der Waals surface area contributed by atoms with Crippen molar-refractivity contribution in [2.45, 2.75) is 36.4 Å². The molecule has 0 saturated carbocycles. The van der Waals surface area contributed by atoms with Crippen LogP contribution >= 0.6 is 11.8 Å². The molecule has 3 aromatic rings. The van der Waals surface area contributed by atoms with E-state index in [1.165, 1.54) is 28.5 Å². The lowest BCUT2D eigenvalue weighted by Crippen LogP contribution is -2.31. The minimum absolute atomic E-state index is 0.0504. The highest BCUT2D eigenvalue weighted by Crippen LogP contribution is 2.23. The van der Waals surface area contributed by atoms with E-state index in [0.717, 1.165) is 25.0 Å². The quantitative estimate of drug-likeness (QED) is 0.318. The molecule has 166 valence electrons. The number of nitrogens with one attached hydrogen (secondary N) is 1. The fourth-order valence-electron chi connectivity index (χ4n) is 3.63. The summed E-state index contributed by atoms with van der Waals surface area (Å²) in [5.74, 6) is -0.0841. The maximum Gasteiger partial charge on any atom is 0.262 e. The van der Waals surface area contributed by atoms with Crippen molar-refractivity contribution < 1.29 is 13.9 Å². The third-order valence-electron chi connectivity index (χ3n) is 5.27. The molecule has 0 radical (unpaired) electrons. The number of aromatic nitrogens is 2. The first-order valence-corrected chi connectivity index (χ1v) is 11.5. The zero-order valence-electron chi connectivity index (χ0n) is 17.6. The SMILES string of the molecule is C=CCn1c(SCc2cccc(F)c2)nc2cc(C(=O)NC[C@@H]3CCCO3)ccc2c1=O. The second-order valence-electron chi connectivity index (χ2n) is 7.59. The van der Waals surface area contributed by atoms with Crippen molar-refractivity contribution >= 4 is 28.6 Å². The van der Waals surface area contributed by atoms with Crippen LogP contribution in [0.4, 0.5) is 4.39 Å². The van der Waals surface area contributed by atoms with E-state index in [-0.39, 0.29) is 23.4 Å². The molecule has 0 aliphatic carbocycles. The Balaban J connectivity index is 1.60. The molecule has 1 atom stereocenters. The number of thioether (sulfide) groups is 1. The number of hydrogen-bond donors (Lipinski definition) is 1. The molecule has 32 heavy (non-hydrogen) atoms. The number of ether oxygens (including phenoxy) is 1. The third kappa shape index (κ3) is 5.08. The van der Waals surface area contributed by atoms with E-state index in [2.05, 4.69) is 16.9 Å². The summed E-state index contributed by atoms with van der Waals surface area (Å²) in [5.41, 5.74) is 1.46. The summed E-state index contributed by atoms with van der Waals surface area (Å²) in [6.07, 6.45) is 3.63. The Bertz CT molecular complexity index is 1200. The van der Waals surface area contributed by atoms with E-state index >= 15 is 0 Å². The Morgan fingerprint density at radius 3 is 2.97 bits per heavy atom. The van der Waals surface area contributed by atoms with Crippen molar-refractivity contribution in [3.05, 3.63) is 82.4 Å². The van der Waals surface area contributed by atoms with Crippen molar-refractivity contribution in [3.63, 3.8) is 0 Å². The van der Waals surface area contributed by atoms with Gasteiger partial charge in [-0.15, -0.1) is 6.58 Å². The minimum atomic E-state index is -0.309. The number of benzene rings is 2. The van der Waals surface area contributed by atoms with Gasteiger partial charge in [0, 0.05) is 31.0 Å². The van der Waals surface area contributed by atoms with Gasteiger partial charge in [-0.2, -0.15) is 0 Å². The van der Waals surface area contributed by atoms with Crippen LogP contribution in [0.25, 0.3) is 10.9 Å². The summed E-state index contributed by atoms with van der Waals surface area (Å²) in [7, 11) is 0. The molecule has 0 spiro atoms. The van der Waals surface area contributed by atoms with E-state index in [0.29, 0.717) is 40.5 Å². The van der Waals surface area contributed by atoms with Crippen molar-refractivity contribution in [1.82, 2.24) is 14.9 Å². The maximum absolute atomic E-state index is 13.5. The zero-order chi connectivity index (χ0) is 22.5. The van der Waals surface area contributed by atoms with Gasteiger partial charge in [0.2, 0.25) is 0 Å². The van der Waals surface area contributed by atoms with Crippen molar-refractivity contribution in [3.8, 4) is 0 Å². The molecular weight excluding hydrogens is 429 g/mol. The molecule has 1 fully saturated rings. The third-order valence-corrected chi connectivity index (χ3v) is 6.31. The molecule has 6 nitrogen and oxygen atoms in total. The lowest BCUT2D eigenvalue weighted by atomic mass is 10.1. The van der Waals surface area contributed by atoms with Gasteiger partial charge >= 0.3 is 0 Å². The average Bonchev–Trinajstić information content (AvgIpc) is 3.32. The number of allylic oxidation sites excluding steroid dienone is 1. The van der Waals surface area contributed by atoms with Crippen LogP contribution in [-0.4, -0.2) is 34.7 Å². The standard InChI is InChI=1S/C24H24FN3O3S/c1-2-10-28-23(30)20-9-8-17(22(29)26-14-19-7-4-11-31-19)13-21(20)27-24(28)32-15-16-5-3-6-18(25)12-16/h2-3,5-6,8-9,12-13,19H,1,4,7,10-11,14-15H2,(H,26,29)/t19-/m0/s1. The van der Waals surface area contributed by atoms with Gasteiger partial charge in [-0.1, -0.05) is 30.0 Å². The first-order valence-electron chi connectivity index (χ1n) is 10.5. The van der Waals surface area contributed by atoms with Gasteiger partial charge in [0.15, 0.2) is 5.16 Å². The lowest BCUT2D eigenvalue weighted by molar-refractivity contribution is 0.0858. The molecule has 1 aromatic heterocycles. The highest BCUT2D eigenvalue weighted by molar-refractivity contribution is 7.98. The van der Waals surface area contributed by atoms with Crippen LogP contribution in [0.1, 0.15) is 28.8 Å². The van der Waals surface area contributed by atoms with Crippen LogP contribution in [0.5, 0.6) is 0 Å². The average molecular weight is 454 g/mol. The number of amides is 1. The molecule has 2 aromatic carbocycles. The fraction of sp³-hybridized carbons (Fsp3) is 0.292. The van der Waals surface area contributed by atoms with Crippen LogP contribution < -0.4 is 10.9 Å². The molecule has 0 bridgehead atoms. The number of fused-ring (bicyclic) bond motifs is 1. The second-order valence-corrected chi connectivity index (χ2v) is 8.54. The van der Waals surface area contributed by atoms with Crippen LogP contribution in [0.3, 0.4) is 0 Å². The predicted molar refractivity (Wildman–Crippen MR) is 123 cm³/mol. The number of nitrogens with zero attached hydrogens (tertiary/aromatic N) is 2. The molecule has 2 heterocycles. The molecular formula is C24H24FN3O3S. The Hall–Kier alpha value is -2.97. The smallest absolute Gasteiger partial charge is 0.262 e. The van der Waals surface area contributed by atoms with Crippen LogP contribution in [-0.2, 0) is 17.0 Å². The molecule has 1 aliphatic rings. The zero-order valence-corrected chi connectivity index (χ0v) is 18.4. The van der Waals surface area contributed by atoms with Crippen LogP contribution in [0, 0.1) is 5.82 Å². The largest absolute Gasteiger partial charge is 0.376 e. The highest BCUT2D eigenvalue weighted by atomic mass is 32.2. The fourth-order valence-corrected chi connectivity index (χ4v) is 4.58. The van der Waals surface area contributed by atoms with Crippen LogP contribution in [0.15, 0.2) is 65.1 Å². The Kier molecular flexibility index (Phi) is 7.02. The molecule has 1 aliphatic heterocycles. The Morgan fingerprint density at radius 1 is 1.34 bits per heavy atom. The normalized spacial score (nSPS) is 15.7. The predicted octanol–water partition coefficient (Wildman–Crippen LogP) is 3.92. The van der Waals surface area contributed by atoms with Gasteiger partial charge in [0.05, 0.1) is 17.0 Å². The summed E-state index contributed by atoms with van der Waals surface area (Å²) >= 11 is 1.34. The second kappa shape index (κ2) is 10.1. The summed E-state index contributed by atoms with van der Waals surface area (Å²) in [6.45, 7) is 5.22. The summed E-state index contributed by atoms with van der Waals surface area (Å²) in [5, 5.41) is 3.81. The highest BCUT2D eigenvalue weighted by Gasteiger charge is 2.18. The summed E-state index contributed by atoms with van der Waals surface area (Å²) < 4.78 is 20.6. The van der Waals surface area contributed by atoms with E-state index in [9.17, 15) is 14.0 Å². The van der Waals surface area contributed by atoms with Gasteiger partial charge in [-0.3, -0.25) is 14.2 Å². The van der Waals surface area contributed by atoms with Crippen molar-refractivity contribution in [2.24, 2.45) is 0 Å². The molecule has 1 amide bonds. The monoisotopic (exact) mass is 453 g/mol.